The van der Waals surface area contributed by atoms with Crippen LogP contribution in [0.4, 0.5) is 22.7 Å². The van der Waals surface area contributed by atoms with Crippen LogP contribution in [0, 0.1) is 6.92 Å². The zero-order valence-electron chi connectivity index (χ0n) is 12.1. The molecule has 0 fully saturated rings. The number of hydrogen-bond donors (Lipinski definition) is 4. The maximum Gasteiger partial charge on any atom is 0.335 e. The van der Waals surface area contributed by atoms with Gasteiger partial charge in [-0.05, 0) is 42.8 Å². The second-order valence-electron chi connectivity index (χ2n) is 4.31. The number of nitrogen functional groups attached to an aromatic ring is 2. The lowest BCUT2D eigenvalue weighted by molar-refractivity contribution is 0.0697. The number of anilines is 4. The number of rotatable bonds is 3. The van der Waals surface area contributed by atoms with Crippen LogP contribution in [0.3, 0.4) is 0 Å². The first-order chi connectivity index (χ1) is 8.97. The topological polar surface area (TPSA) is 101 Å². The molecule has 0 amide bonds. The highest BCUT2D eigenvalue weighted by molar-refractivity contribution is 5.90. The highest BCUT2D eigenvalue weighted by Crippen LogP contribution is 2.27. The molecule has 0 aromatic heterocycles. The number of carbonyl (C=O) groups is 1. The van der Waals surface area contributed by atoms with Crippen molar-refractivity contribution in [2.24, 2.45) is 0 Å². The minimum absolute atomic E-state index is 0. The molecule has 0 radical (unpaired) electrons. The van der Waals surface area contributed by atoms with Gasteiger partial charge in [-0.3, -0.25) is 0 Å². The Hall–Kier alpha value is -1.53. The number of aromatic carboxylic acids is 1. The van der Waals surface area contributed by atoms with E-state index in [1.165, 1.54) is 0 Å². The number of hydrogen-bond acceptors (Lipinski definition) is 4. The molecular formula is C14H19Cl4N3O2. The van der Waals surface area contributed by atoms with Crippen molar-refractivity contribution in [1.82, 2.24) is 0 Å². The van der Waals surface area contributed by atoms with Crippen LogP contribution in [-0.4, -0.2) is 11.1 Å². The summed E-state index contributed by atoms with van der Waals surface area (Å²) in [5, 5.41) is 12.1. The highest BCUT2D eigenvalue weighted by atomic mass is 35.5. The summed E-state index contributed by atoms with van der Waals surface area (Å²) < 4.78 is 0. The van der Waals surface area contributed by atoms with Crippen molar-refractivity contribution in [2.75, 3.05) is 16.8 Å². The molecule has 0 heterocycles. The van der Waals surface area contributed by atoms with Gasteiger partial charge in [-0.15, -0.1) is 49.6 Å². The van der Waals surface area contributed by atoms with Crippen LogP contribution in [0.25, 0.3) is 0 Å². The zero-order chi connectivity index (χ0) is 14.0. The van der Waals surface area contributed by atoms with Crippen molar-refractivity contribution >= 4 is 78.3 Å². The average molecular weight is 403 g/mol. The highest BCUT2D eigenvalue weighted by Gasteiger charge is 2.07. The lowest BCUT2D eigenvalue weighted by Crippen LogP contribution is -2.02. The fourth-order valence-electron chi connectivity index (χ4n) is 1.73. The lowest BCUT2D eigenvalue weighted by Gasteiger charge is -2.13. The summed E-state index contributed by atoms with van der Waals surface area (Å²) in [7, 11) is 0. The number of nitrogens with one attached hydrogen (secondary N) is 1. The van der Waals surface area contributed by atoms with Gasteiger partial charge in [0.1, 0.15) is 0 Å². The molecule has 130 valence electrons. The van der Waals surface area contributed by atoms with Crippen LogP contribution in [0.1, 0.15) is 15.9 Å². The second kappa shape index (κ2) is 11.1. The van der Waals surface area contributed by atoms with E-state index in [2.05, 4.69) is 5.32 Å². The van der Waals surface area contributed by atoms with E-state index in [1.807, 2.05) is 6.92 Å². The number of carboxylic acid groups (broad SMARTS) is 1. The van der Waals surface area contributed by atoms with Crippen molar-refractivity contribution in [1.29, 1.82) is 0 Å². The first-order valence-electron chi connectivity index (χ1n) is 5.73. The number of nitrogens with two attached hydrogens (primary N) is 2. The summed E-state index contributed by atoms with van der Waals surface area (Å²) in [5.41, 5.74) is 15.1. The zero-order valence-corrected chi connectivity index (χ0v) is 15.4. The monoisotopic (exact) mass is 401 g/mol. The molecule has 0 aliphatic rings. The van der Waals surface area contributed by atoms with E-state index in [1.54, 1.807) is 36.4 Å². The first-order valence-corrected chi connectivity index (χ1v) is 5.73. The SMILES string of the molecule is Cc1ccc(C(=O)O)cc1Nc1ccc(N)cc1N.Cl.Cl.Cl.Cl. The molecule has 2 rings (SSSR count). The molecule has 2 aromatic carbocycles. The predicted molar refractivity (Wildman–Crippen MR) is 106 cm³/mol. The van der Waals surface area contributed by atoms with Gasteiger partial charge >= 0.3 is 5.97 Å². The molecule has 5 nitrogen and oxygen atoms in total. The summed E-state index contributed by atoms with van der Waals surface area (Å²) in [6.07, 6.45) is 0. The smallest absolute Gasteiger partial charge is 0.335 e. The van der Waals surface area contributed by atoms with E-state index in [-0.39, 0.29) is 55.2 Å². The molecule has 0 unspecified atom stereocenters. The van der Waals surface area contributed by atoms with Gasteiger partial charge in [-0.25, -0.2) is 4.79 Å². The average Bonchev–Trinajstić information content (AvgIpc) is 2.34. The molecule has 9 heteroatoms. The van der Waals surface area contributed by atoms with Gasteiger partial charge in [0, 0.05) is 11.4 Å². The summed E-state index contributed by atoms with van der Waals surface area (Å²) in [5.74, 6) is -0.965. The van der Waals surface area contributed by atoms with Crippen LogP contribution in [0.15, 0.2) is 36.4 Å². The molecule has 0 saturated carbocycles. The van der Waals surface area contributed by atoms with E-state index in [0.717, 1.165) is 5.56 Å². The molecule has 2 aromatic rings. The molecule has 0 bridgehead atoms. The van der Waals surface area contributed by atoms with Crippen molar-refractivity contribution in [3.8, 4) is 0 Å². The summed E-state index contributed by atoms with van der Waals surface area (Å²) >= 11 is 0. The van der Waals surface area contributed by atoms with Crippen LogP contribution < -0.4 is 16.8 Å². The van der Waals surface area contributed by atoms with Gasteiger partial charge in [-0.2, -0.15) is 0 Å². The quantitative estimate of drug-likeness (QED) is 0.573. The second-order valence-corrected chi connectivity index (χ2v) is 4.31. The maximum atomic E-state index is 11.0. The van der Waals surface area contributed by atoms with Crippen molar-refractivity contribution in [3.63, 3.8) is 0 Å². The van der Waals surface area contributed by atoms with Crippen molar-refractivity contribution < 1.29 is 9.90 Å². The molecule has 0 saturated heterocycles. The molecule has 0 aliphatic heterocycles. The Kier molecular flexibility index (Phi) is 12.7. The van der Waals surface area contributed by atoms with E-state index in [4.69, 9.17) is 16.6 Å². The van der Waals surface area contributed by atoms with E-state index in [0.29, 0.717) is 22.7 Å². The van der Waals surface area contributed by atoms with Gasteiger partial charge in [0.25, 0.3) is 0 Å². The summed E-state index contributed by atoms with van der Waals surface area (Å²) in [6.45, 7) is 1.89. The predicted octanol–water partition coefficient (Wildman–Crippen LogP) is 4.29. The Labute approximate surface area is 159 Å². The Morgan fingerprint density at radius 3 is 2.09 bits per heavy atom. The molecule has 0 atom stereocenters. The van der Waals surface area contributed by atoms with Gasteiger partial charge in [0.05, 0.1) is 16.9 Å². The number of benzene rings is 2. The van der Waals surface area contributed by atoms with Gasteiger partial charge < -0.3 is 21.9 Å². The molecule has 6 N–H and O–H groups in total. The Bertz CT molecular complexity index is 654. The third-order valence-electron chi connectivity index (χ3n) is 2.83. The van der Waals surface area contributed by atoms with Crippen LogP contribution in [-0.2, 0) is 0 Å². The van der Waals surface area contributed by atoms with Crippen LogP contribution >= 0.6 is 49.6 Å². The van der Waals surface area contributed by atoms with Gasteiger partial charge in [-0.1, -0.05) is 6.07 Å². The summed E-state index contributed by atoms with van der Waals surface area (Å²) in [6, 6.07) is 10.0. The third kappa shape index (κ3) is 6.62. The number of aryl methyl sites for hydroxylation is 1. The van der Waals surface area contributed by atoms with Gasteiger partial charge in [0.15, 0.2) is 0 Å². The molecule has 23 heavy (non-hydrogen) atoms. The fourth-order valence-corrected chi connectivity index (χ4v) is 1.73. The largest absolute Gasteiger partial charge is 0.478 e. The number of carboxylic acids is 1. The van der Waals surface area contributed by atoms with Gasteiger partial charge in [0.2, 0.25) is 0 Å². The normalized spacial score (nSPS) is 8.39. The molecular weight excluding hydrogens is 384 g/mol. The maximum absolute atomic E-state index is 11.0. The fraction of sp³-hybridized carbons (Fsp3) is 0.0714. The van der Waals surface area contributed by atoms with E-state index in [9.17, 15) is 4.79 Å². The standard InChI is InChI=1S/C14H15N3O2.4ClH/c1-8-2-3-9(14(18)19)6-13(8)17-12-5-4-10(15)7-11(12)16;;;;/h2-7,17H,15-16H2,1H3,(H,18,19);4*1H. The first kappa shape index (κ1) is 26.4. The lowest BCUT2D eigenvalue weighted by atomic mass is 10.1. The van der Waals surface area contributed by atoms with E-state index < -0.39 is 5.97 Å². The van der Waals surface area contributed by atoms with Crippen molar-refractivity contribution in [2.45, 2.75) is 6.92 Å². The van der Waals surface area contributed by atoms with E-state index >= 15 is 0 Å². The Morgan fingerprint density at radius 2 is 1.57 bits per heavy atom. The Balaban J connectivity index is -0.000001000. The Morgan fingerprint density at radius 1 is 0.957 bits per heavy atom. The minimum Gasteiger partial charge on any atom is -0.478 e. The number of halogens is 4. The van der Waals surface area contributed by atoms with Crippen LogP contribution in [0.2, 0.25) is 0 Å². The van der Waals surface area contributed by atoms with Crippen molar-refractivity contribution in [3.05, 3.63) is 47.5 Å². The molecule has 0 spiro atoms. The third-order valence-corrected chi connectivity index (χ3v) is 2.83. The van der Waals surface area contributed by atoms with Crippen LogP contribution in [0.5, 0.6) is 0 Å². The summed E-state index contributed by atoms with van der Waals surface area (Å²) in [4.78, 5) is 11.0. The minimum atomic E-state index is -0.965. The molecule has 0 aliphatic carbocycles.